The van der Waals surface area contributed by atoms with Crippen molar-refractivity contribution in [2.45, 2.75) is 78.3 Å². The van der Waals surface area contributed by atoms with Gasteiger partial charge in [-0.3, -0.25) is 0 Å². The zero-order valence-corrected chi connectivity index (χ0v) is 23.8. The molecule has 0 N–H and O–H groups in total. The Hall–Kier alpha value is -1.09. The second-order valence-corrected chi connectivity index (χ2v) is 8.18. The van der Waals surface area contributed by atoms with Crippen LogP contribution in [-0.2, 0) is 13.1 Å². The predicted molar refractivity (Wildman–Crippen MR) is 124 cm³/mol. The van der Waals surface area contributed by atoms with E-state index in [9.17, 15) is 0 Å². The monoisotopic (exact) mass is 657 g/mol. The first-order valence-electron chi connectivity index (χ1n) is 11.8. The molecule has 3 rings (SSSR count). The van der Waals surface area contributed by atoms with Gasteiger partial charge in [0.05, 0.1) is 11.4 Å². The molecule has 174 valence electrons. The lowest BCUT2D eigenvalue weighted by atomic mass is 10.1. The van der Waals surface area contributed by atoms with Gasteiger partial charge in [0.1, 0.15) is 13.1 Å². The molecule has 0 saturated heterocycles. The summed E-state index contributed by atoms with van der Waals surface area (Å²) >= 11 is 0. The minimum atomic E-state index is 0. The van der Waals surface area contributed by atoms with Crippen molar-refractivity contribution >= 4 is 0 Å². The Morgan fingerprint density at radius 1 is 0.562 bits per heavy atom. The molecule has 0 aliphatic heterocycles. The number of rotatable bonds is 12. The van der Waals surface area contributed by atoms with E-state index >= 15 is 0 Å². The van der Waals surface area contributed by atoms with Crippen molar-refractivity contribution in [2.24, 2.45) is 0 Å². The Bertz CT molecular complexity index is 809. The molecular weight excluding hydrogens is 620 g/mol. The number of pyridine rings is 3. The summed E-state index contributed by atoms with van der Waals surface area (Å²) in [5, 5.41) is 0. The molecule has 0 unspecified atom stereocenters. The largest absolute Gasteiger partial charge is 1.00 e. The van der Waals surface area contributed by atoms with E-state index in [4.69, 9.17) is 4.98 Å². The van der Waals surface area contributed by atoms with Gasteiger partial charge in [0.15, 0.2) is 24.8 Å². The Labute approximate surface area is 228 Å². The maximum atomic E-state index is 4.93. The number of unbranched alkanes of at least 4 members (excludes halogenated alkanes) is 6. The van der Waals surface area contributed by atoms with E-state index < -0.39 is 0 Å². The van der Waals surface area contributed by atoms with Gasteiger partial charge in [-0.1, -0.05) is 45.6 Å². The third-order valence-electron chi connectivity index (χ3n) is 5.66. The van der Waals surface area contributed by atoms with E-state index in [1.54, 1.807) is 0 Å². The molecular formula is C27H37I2N3. The summed E-state index contributed by atoms with van der Waals surface area (Å²) in [6, 6.07) is 15.0. The van der Waals surface area contributed by atoms with Crippen LogP contribution in [0.25, 0.3) is 22.5 Å². The standard InChI is InChI=1S/C27H37N3.2HI/c1-3-5-7-9-18-29-20-14-24(15-21-29)26-12-11-13-27(28-26)25-16-22-30(23-17-25)19-10-8-6-4-2;;/h11-17,20-23H,3-10,18-19H2,1-2H3;2*1H/q+2;;/p-2. The fraction of sp³-hybridized carbons (Fsp3) is 0.444. The highest BCUT2D eigenvalue weighted by atomic mass is 127. The number of nitrogens with zero attached hydrogens (tertiary/aromatic N) is 3. The van der Waals surface area contributed by atoms with Gasteiger partial charge in [0.2, 0.25) is 0 Å². The topological polar surface area (TPSA) is 20.6 Å². The SMILES string of the molecule is CCCCCC[n+]1ccc(-c2cccc(-c3cc[n+](CCCCCC)cc3)n2)cc1.[I-].[I-]. The molecule has 0 bridgehead atoms. The van der Waals surface area contributed by atoms with Crippen molar-refractivity contribution in [1.82, 2.24) is 4.98 Å². The first kappa shape index (κ1) is 28.9. The van der Waals surface area contributed by atoms with E-state index in [-0.39, 0.29) is 48.0 Å². The second kappa shape index (κ2) is 16.5. The van der Waals surface area contributed by atoms with Crippen LogP contribution in [-0.4, -0.2) is 4.98 Å². The van der Waals surface area contributed by atoms with Crippen LogP contribution in [0.2, 0.25) is 0 Å². The Morgan fingerprint density at radius 2 is 0.969 bits per heavy atom. The Balaban J connectivity index is 0.00000256. The van der Waals surface area contributed by atoms with E-state index in [2.05, 4.69) is 90.2 Å². The maximum absolute atomic E-state index is 4.93. The van der Waals surface area contributed by atoms with Crippen LogP contribution in [0.1, 0.15) is 65.2 Å². The molecule has 0 aliphatic rings. The molecule has 3 aromatic heterocycles. The van der Waals surface area contributed by atoms with E-state index in [1.165, 1.54) is 62.5 Å². The number of aryl methyl sites for hydroxylation is 2. The molecule has 0 radical (unpaired) electrons. The molecule has 0 spiro atoms. The van der Waals surface area contributed by atoms with Gasteiger partial charge in [-0.15, -0.1) is 0 Å². The van der Waals surface area contributed by atoms with Gasteiger partial charge in [0.25, 0.3) is 0 Å². The highest BCUT2D eigenvalue weighted by Crippen LogP contribution is 2.21. The first-order chi connectivity index (χ1) is 14.8. The lowest BCUT2D eigenvalue weighted by Gasteiger charge is -2.05. The molecule has 0 saturated carbocycles. The number of aromatic nitrogens is 3. The molecule has 3 heterocycles. The van der Waals surface area contributed by atoms with Crippen LogP contribution in [0.3, 0.4) is 0 Å². The van der Waals surface area contributed by atoms with Gasteiger partial charge in [0, 0.05) is 48.2 Å². The van der Waals surface area contributed by atoms with Crippen molar-refractivity contribution in [3.8, 4) is 22.5 Å². The molecule has 0 aliphatic carbocycles. The van der Waals surface area contributed by atoms with E-state index in [0.717, 1.165) is 24.5 Å². The van der Waals surface area contributed by atoms with Crippen LogP contribution in [0, 0.1) is 0 Å². The summed E-state index contributed by atoms with van der Waals surface area (Å²) < 4.78 is 4.55. The van der Waals surface area contributed by atoms with Crippen molar-refractivity contribution < 1.29 is 57.1 Å². The number of hydrogen-bond donors (Lipinski definition) is 0. The van der Waals surface area contributed by atoms with Crippen LogP contribution < -0.4 is 57.1 Å². The third-order valence-corrected chi connectivity index (χ3v) is 5.66. The molecule has 5 heteroatoms. The van der Waals surface area contributed by atoms with Crippen molar-refractivity contribution in [1.29, 1.82) is 0 Å². The fourth-order valence-electron chi connectivity index (χ4n) is 3.75. The molecule has 0 fully saturated rings. The van der Waals surface area contributed by atoms with Gasteiger partial charge in [-0.2, -0.15) is 0 Å². The molecule has 3 nitrogen and oxygen atoms in total. The summed E-state index contributed by atoms with van der Waals surface area (Å²) in [6.07, 6.45) is 19.1. The van der Waals surface area contributed by atoms with Gasteiger partial charge >= 0.3 is 0 Å². The van der Waals surface area contributed by atoms with Crippen LogP contribution in [0.5, 0.6) is 0 Å². The summed E-state index contributed by atoms with van der Waals surface area (Å²) in [7, 11) is 0. The lowest BCUT2D eigenvalue weighted by Crippen LogP contribution is -3.00. The van der Waals surface area contributed by atoms with Crippen molar-refractivity contribution in [3.05, 3.63) is 67.3 Å². The fourth-order valence-corrected chi connectivity index (χ4v) is 3.75. The smallest absolute Gasteiger partial charge is 0.169 e. The summed E-state index contributed by atoms with van der Waals surface area (Å²) in [5.41, 5.74) is 4.40. The predicted octanol–water partition coefficient (Wildman–Crippen LogP) is 0.159. The summed E-state index contributed by atoms with van der Waals surface area (Å²) in [5.74, 6) is 0. The van der Waals surface area contributed by atoms with E-state index in [0.29, 0.717) is 0 Å². The number of hydrogen-bond acceptors (Lipinski definition) is 1. The molecule has 0 atom stereocenters. The van der Waals surface area contributed by atoms with E-state index in [1.807, 2.05) is 0 Å². The van der Waals surface area contributed by atoms with Gasteiger partial charge < -0.3 is 48.0 Å². The van der Waals surface area contributed by atoms with Crippen LogP contribution >= 0.6 is 0 Å². The normalized spacial score (nSPS) is 10.3. The minimum Gasteiger partial charge on any atom is -1.00 e. The molecule has 3 aromatic rings. The summed E-state index contributed by atoms with van der Waals surface area (Å²) in [6.45, 7) is 6.70. The van der Waals surface area contributed by atoms with Crippen LogP contribution in [0.4, 0.5) is 0 Å². The highest BCUT2D eigenvalue weighted by Gasteiger charge is 2.08. The average Bonchev–Trinajstić information content (AvgIpc) is 2.80. The second-order valence-electron chi connectivity index (χ2n) is 8.18. The average molecular weight is 657 g/mol. The minimum absolute atomic E-state index is 0. The molecule has 0 amide bonds. The summed E-state index contributed by atoms with van der Waals surface area (Å²) in [4.78, 5) is 4.93. The van der Waals surface area contributed by atoms with Crippen molar-refractivity contribution in [3.63, 3.8) is 0 Å². The third kappa shape index (κ3) is 9.41. The molecule has 0 aromatic carbocycles. The van der Waals surface area contributed by atoms with Crippen LogP contribution in [0.15, 0.2) is 67.3 Å². The highest BCUT2D eigenvalue weighted by molar-refractivity contribution is 5.64. The molecule has 32 heavy (non-hydrogen) atoms. The zero-order valence-electron chi connectivity index (χ0n) is 19.5. The quantitative estimate of drug-likeness (QED) is 0.155. The maximum Gasteiger partial charge on any atom is 0.169 e. The van der Waals surface area contributed by atoms with Crippen molar-refractivity contribution in [2.75, 3.05) is 0 Å². The zero-order chi connectivity index (χ0) is 21.0. The Morgan fingerprint density at radius 3 is 1.34 bits per heavy atom. The van der Waals surface area contributed by atoms with Gasteiger partial charge in [-0.05, 0) is 25.0 Å². The van der Waals surface area contributed by atoms with Gasteiger partial charge in [-0.25, -0.2) is 14.1 Å². The number of halogens is 2. The first-order valence-corrected chi connectivity index (χ1v) is 11.8. The Kier molecular flexibility index (Phi) is 14.9. The lowest BCUT2D eigenvalue weighted by molar-refractivity contribution is -0.697.